The highest BCUT2D eigenvalue weighted by molar-refractivity contribution is 7.91. The van der Waals surface area contributed by atoms with Crippen molar-refractivity contribution in [2.24, 2.45) is 0 Å². The van der Waals surface area contributed by atoms with E-state index >= 15 is 0 Å². The number of Topliss-reactive ketones (excluding diaryl/α,β-unsaturated/α-hetero) is 1. The zero-order chi connectivity index (χ0) is 14.2. The molecule has 0 radical (unpaired) electrons. The summed E-state index contributed by atoms with van der Waals surface area (Å²) in [6.07, 6.45) is 4.24. The van der Waals surface area contributed by atoms with E-state index in [0.29, 0.717) is 6.54 Å². The van der Waals surface area contributed by atoms with E-state index in [0.717, 1.165) is 10.7 Å². The second-order valence-corrected chi connectivity index (χ2v) is 8.11. The zero-order valence-electron chi connectivity index (χ0n) is 10.8. The number of carbonyl (C=O) groups excluding carboxylic acids is 1. The van der Waals surface area contributed by atoms with E-state index < -0.39 is 9.84 Å². The third-order valence-electron chi connectivity index (χ3n) is 3.30. The van der Waals surface area contributed by atoms with Gasteiger partial charge in [0.1, 0.15) is 5.78 Å². The monoisotopic (exact) mass is 313 g/mol. The van der Waals surface area contributed by atoms with Gasteiger partial charge < -0.3 is 5.32 Å². The van der Waals surface area contributed by atoms with Crippen molar-refractivity contribution in [1.82, 2.24) is 14.7 Å². The topological polar surface area (TPSA) is 80.5 Å². The summed E-state index contributed by atoms with van der Waals surface area (Å²) in [5.41, 5.74) is 0.737. The fraction of sp³-hybridized carbons (Fsp3) is 0.500. The minimum atomic E-state index is -2.99. The van der Waals surface area contributed by atoms with E-state index in [9.17, 15) is 13.2 Å². The van der Waals surface area contributed by atoms with Crippen LogP contribution in [0.5, 0.6) is 0 Å². The van der Waals surface area contributed by atoms with Gasteiger partial charge in [-0.25, -0.2) is 13.4 Å². The average Bonchev–Trinajstić information content (AvgIpc) is 2.87. The molecular weight excluding hydrogens is 298 g/mol. The molecule has 1 fully saturated rings. The van der Waals surface area contributed by atoms with Crippen LogP contribution in [-0.2, 0) is 21.1 Å². The predicted octanol–water partition coefficient (Wildman–Crippen LogP) is 0.284. The van der Waals surface area contributed by atoms with Gasteiger partial charge in [-0.1, -0.05) is 0 Å². The Hall–Kier alpha value is -1.25. The number of nitrogens with one attached hydrogen (secondary N) is 1. The normalized spacial score (nSPS) is 22.1. The largest absolute Gasteiger partial charge is 0.312 e. The first-order valence-corrected chi connectivity index (χ1v) is 9.08. The summed E-state index contributed by atoms with van der Waals surface area (Å²) in [4.78, 5) is 17.2. The molecule has 2 aromatic heterocycles. The molecule has 2 aromatic rings. The third-order valence-corrected chi connectivity index (χ3v) is 5.80. The summed E-state index contributed by atoms with van der Waals surface area (Å²) in [5.74, 6) is 0.233. The van der Waals surface area contributed by atoms with Crippen LogP contribution in [0.15, 0.2) is 17.8 Å². The van der Waals surface area contributed by atoms with Gasteiger partial charge >= 0.3 is 0 Å². The molecule has 1 aliphatic rings. The Morgan fingerprint density at radius 1 is 1.55 bits per heavy atom. The quantitative estimate of drug-likeness (QED) is 0.877. The van der Waals surface area contributed by atoms with Crippen LogP contribution >= 0.6 is 11.3 Å². The zero-order valence-corrected chi connectivity index (χ0v) is 12.4. The van der Waals surface area contributed by atoms with Crippen molar-refractivity contribution in [3.8, 4) is 0 Å². The summed E-state index contributed by atoms with van der Waals surface area (Å²) in [6.45, 7) is 0.431. The summed E-state index contributed by atoms with van der Waals surface area (Å²) < 4.78 is 24.9. The number of fused-ring (bicyclic) bond motifs is 1. The molecule has 0 aliphatic carbocycles. The minimum Gasteiger partial charge on any atom is -0.312 e. The molecule has 3 heterocycles. The summed E-state index contributed by atoms with van der Waals surface area (Å²) in [5, 5.41) is 5.02. The predicted molar refractivity (Wildman–Crippen MR) is 76.8 cm³/mol. The van der Waals surface area contributed by atoms with Gasteiger partial charge in [0.25, 0.3) is 0 Å². The average molecular weight is 313 g/mol. The van der Waals surface area contributed by atoms with E-state index in [1.54, 1.807) is 0 Å². The molecule has 1 saturated heterocycles. The first kappa shape index (κ1) is 13.7. The number of imidazole rings is 1. The van der Waals surface area contributed by atoms with Crippen molar-refractivity contribution in [3.05, 3.63) is 23.5 Å². The molecule has 108 valence electrons. The second-order valence-electron chi connectivity index (χ2n) is 5.01. The van der Waals surface area contributed by atoms with Crippen LogP contribution < -0.4 is 5.32 Å². The Kier molecular flexibility index (Phi) is 3.61. The smallest absolute Gasteiger partial charge is 0.193 e. The van der Waals surface area contributed by atoms with Crippen LogP contribution in [0, 0.1) is 0 Å². The highest BCUT2D eigenvalue weighted by atomic mass is 32.2. The summed E-state index contributed by atoms with van der Waals surface area (Å²) >= 11 is 1.52. The lowest BCUT2D eigenvalue weighted by atomic mass is 10.1. The van der Waals surface area contributed by atoms with Crippen LogP contribution in [0.4, 0.5) is 0 Å². The van der Waals surface area contributed by atoms with Crippen molar-refractivity contribution >= 4 is 31.9 Å². The highest BCUT2D eigenvalue weighted by Crippen LogP contribution is 2.13. The number of sulfone groups is 1. The molecule has 6 nitrogen and oxygen atoms in total. The first-order chi connectivity index (χ1) is 9.52. The standard InChI is InChI=1S/C12H15N3O3S2/c16-11(6-10-8-20(17,18)4-1-13-10)5-9-7-15-2-3-19-12(15)14-9/h2-3,7,10,13H,1,4-6,8H2. The van der Waals surface area contributed by atoms with Crippen LogP contribution in [0.1, 0.15) is 12.1 Å². The fourth-order valence-electron chi connectivity index (χ4n) is 2.41. The maximum Gasteiger partial charge on any atom is 0.193 e. The van der Waals surface area contributed by atoms with E-state index in [1.807, 2.05) is 22.2 Å². The van der Waals surface area contributed by atoms with Crippen molar-refractivity contribution in [3.63, 3.8) is 0 Å². The molecule has 0 aromatic carbocycles. The molecule has 0 bridgehead atoms. The molecule has 0 amide bonds. The lowest BCUT2D eigenvalue weighted by Gasteiger charge is -2.22. The maximum absolute atomic E-state index is 12.0. The van der Waals surface area contributed by atoms with Gasteiger partial charge in [0.15, 0.2) is 14.8 Å². The van der Waals surface area contributed by atoms with E-state index in [1.165, 1.54) is 11.3 Å². The van der Waals surface area contributed by atoms with E-state index in [2.05, 4.69) is 10.3 Å². The molecule has 0 saturated carbocycles. The third kappa shape index (κ3) is 3.08. The van der Waals surface area contributed by atoms with Gasteiger partial charge in [0, 0.05) is 36.8 Å². The number of ketones is 1. The molecule has 3 rings (SSSR count). The first-order valence-electron chi connectivity index (χ1n) is 6.38. The fourth-order valence-corrected chi connectivity index (χ4v) is 4.57. The van der Waals surface area contributed by atoms with Gasteiger partial charge in [-0.15, -0.1) is 11.3 Å². The van der Waals surface area contributed by atoms with Crippen LogP contribution in [0.25, 0.3) is 4.96 Å². The molecule has 1 atom stereocenters. The molecule has 0 spiro atoms. The Morgan fingerprint density at radius 2 is 2.40 bits per heavy atom. The number of hydrogen-bond donors (Lipinski definition) is 1. The number of carbonyl (C=O) groups is 1. The van der Waals surface area contributed by atoms with Gasteiger partial charge in [0.2, 0.25) is 0 Å². The lowest BCUT2D eigenvalue weighted by molar-refractivity contribution is -0.118. The molecule has 1 aliphatic heterocycles. The molecule has 1 unspecified atom stereocenters. The highest BCUT2D eigenvalue weighted by Gasteiger charge is 2.26. The van der Waals surface area contributed by atoms with Gasteiger partial charge in [-0.05, 0) is 0 Å². The SMILES string of the molecule is O=C(Cc1cn2ccsc2n1)CC1CS(=O)(=O)CCN1. The van der Waals surface area contributed by atoms with Gasteiger partial charge in [0.05, 0.1) is 23.6 Å². The van der Waals surface area contributed by atoms with E-state index in [4.69, 9.17) is 0 Å². The maximum atomic E-state index is 12.0. The number of hydrogen-bond acceptors (Lipinski definition) is 6. The molecule has 1 N–H and O–H groups in total. The lowest BCUT2D eigenvalue weighted by Crippen LogP contribution is -2.46. The van der Waals surface area contributed by atoms with Crippen LogP contribution in [0.3, 0.4) is 0 Å². The van der Waals surface area contributed by atoms with Gasteiger partial charge in [-0.2, -0.15) is 0 Å². The number of nitrogens with zero attached hydrogens (tertiary/aromatic N) is 2. The second kappa shape index (κ2) is 5.27. The minimum absolute atomic E-state index is 0.0188. The summed E-state index contributed by atoms with van der Waals surface area (Å²) in [6, 6.07) is -0.259. The Balaban J connectivity index is 1.60. The molecular formula is C12H15N3O3S2. The number of thiazole rings is 1. The van der Waals surface area contributed by atoms with Crippen molar-refractivity contribution in [1.29, 1.82) is 0 Å². The Bertz CT molecular complexity index is 704. The van der Waals surface area contributed by atoms with Crippen molar-refractivity contribution < 1.29 is 13.2 Å². The van der Waals surface area contributed by atoms with Crippen molar-refractivity contribution in [2.45, 2.75) is 18.9 Å². The van der Waals surface area contributed by atoms with Crippen molar-refractivity contribution in [2.75, 3.05) is 18.1 Å². The molecule has 20 heavy (non-hydrogen) atoms. The van der Waals surface area contributed by atoms with E-state index in [-0.39, 0.29) is 36.2 Å². The Morgan fingerprint density at radius 3 is 3.15 bits per heavy atom. The number of aromatic nitrogens is 2. The van der Waals surface area contributed by atoms with Crippen LogP contribution in [0.2, 0.25) is 0 Å². The Labute approximate surface area is 120 Å². The molecule has 8 heteroatoms. The summed E-state index contributed by atoms with van der Waals surface area (Å²) in [7, 11) is -2.99. The van der Waals surface area contributed by atoms with Gasteiger partial charge in [-0.3, -0.25) is 9.20 Å². The number of rotatable bonds is 4. The van der Waals surface area contributed by atoms with Crippen LogP contribution in [-0.4, -0.2) is 47.7 Å².